The van der Waals surface area contributed by atoms with E-state index < -0.39 is 10.0 Å². The van der Waals surface area contributed by atoms with Crippen LogP contribution < -0.4 is 14.8 Å². The first-order chi connectivity index (χ1) is 12.8. The van der Waals surface area contributed by atoms with Crippen LogP contribution in [0.15, 0.2) is 47.4 Å². The monoisotopic (exact) mass is 392 g/mol. The molecule has 2 aromatic carbocycles. The predicted octanol–water partition coefficient (Wildman–Crippen LogP) is 2.53. The second-order valence-electron chi connectivity index (χ2n) is 5.97. The van der Waals surface area contributed by atoms with Crippen molar-refractivity contribution in [3.8, 4) is 11.5 Å². The Hall–Kier alpha value is -2.58. The van der Waals surface area contributed by atoms with Crippen LogP contribution in [0, 0.1) is 0 Å². The van der Waals surface area contributed by atoms with Crippen LogP contribution in [0.4, 0.5) is 5.69 Å². The fraction of sp³-hybridized carbons (Fsp3) is 0.316. The Kier molecular flexibility index (Phi) is 6.81. The summed E-state index contributed by atoms with van der Waals surface area (Å²) in [6, 6.07) is 11.6. The Balaban J connectivity index is 2.08. The number of anilines is 1. The number of likely N-dealkylation sites (N-methyl/N-ethyl adjacent to an activating group) is 1. The summed E-state index contributed by atoms with van der Waals surface area (Å²) in [5.41, 5.74) is 1.49. The molecule has 0 heterocycles. The number of sulfonamides is 1. The molecule has 0 bridgehead atoms. The summed E-state index contributed by atoms with van der Waals surface area (Å²) < 4.78 is 37.2. The van der Waals surface area contributed by atoms with Crippen molar-refractivity contribution in [2.24, 2.45) is 0 Å². The highest BCUT2D eigenvalue weighted by atomic mass is 32.2. The lowest BCUT2D eigenvalue weighted by Crippen LogP contribution is -2.29. The van der Waals surface area contributed by atoms with Gasteiger partial charge >= 0.3 is 0 Å². The van der Waals surface area contributed by atoms with Crippen LogP contribution in [0.25, 0.3) is 0 Å². The minimum Gasteiger partial charge on any atom is -0.493 e. The number of carbonyl (C=O) groups excluding carboxylic acids is 1. The number of rotatable bonds is 8. The molecule has 146 valence electrons. The largest absolute Gasteiger partial charge is 0.493 e. The molecule has 0 spiro atoms. The van der Waals surface area contributed by atoms with Gasteiger partial charge in [-0.1, -0.05) is 6.07 Å². The minimum absolute atomic E-state index is 0.173. The molecule has 0 unspecified atom stereocenters. The second-order valence-corrected chi connectivity index (χ2v) is 8.02. The minimum atomic E-state index is -3.62. The fourth-order valence-corrected chi connectivity index (χ4v) is 3.71. The van der Waals surface area contributed by atoms with Gasteiger partial charge in [0.2, 0.25) is 15.9 Å². The molecule has 0 saturated heterocycles. The first-order valence-electron chi connectivity index (χ1n) is 8.33. The summed E-state index contributed by atoms with van der Waals surface area (Å²) in [7, 11) is 1.04. The fourth-order valence-electron chi connectivity index (χ4n) is 2.54. The number of ether oxygens (including phenoxy) is 2. The third kappa shape index (κ3) is 5.21. The predicted molar refractivity (Wildman–Crippen MR) is 104 cm³/mol. The van der Waals surface area contributed by atoms with Crippen molar-refractivity contribution in [3.63, 3.8) is 0 Å². The van der Waals surface area contributed by atoms with Crippen molar-refractivity contribution in [1.29, 1.82) is 0 Å². The van der Waals surface area contributed by atoms with Crippen LogP contribution in [0.1, 0.15) is 12.5 Å². The van der Waals surface area contributed by atoms with Gasteiger partial charge in [0.15, 0.2) is 11.5 Å². The maximum absolute atomic E-state index is 12.7. The lowest BCUT2D eigenvalue weighted by Gasteiger charge is -2.18. The quantitative estimate of drug-likeness (QED) is 0.746. The van der Waals surface area contributed by atoms with Crippen molar-refractivity contribution < 1.29 is 22.7 Å². The number of nitrogens with zero attached hydrogens (tertiary/aromatic N) is 1. The van der Waals surface area contributed by atoms with Crippen molar-refractivity contribution in [2.45, 2.75) is 18.2 Å². The number of nitrogens with one attached hydrogen (secondary N) is 1. The zero-order valence-corrected chi connectivity index (χ0v) is 16.7. The summed E-state index contributed by atoms with van der Waals surface area (Å²) in [5.74, 6) is 1.02. The van der Waals surface area contributed by atoms with Gasteiger partial charge in [0.25, 0.3) is 0 Å². The van der Waals surface area contributed by atoms with E-state index in [1.165, 1.54) is 30.4 Å². The maximum atomic E-state index is 12.7. The van der Waals surface area contributed by atoms with E-state index in [2.05, 4.69) is 5.32 Å². The van der Waals surface area contributed by atoms with Gasteiger partial charge in [-0.3, -0.25) is 4.79 Å². The van der Waals surface area contributed by atoms with Gasteiger partial charge in [0.05, 0.1) is 19.1 Å². The lowest BCUT2D eigenvalue weighted by atomic mass is 10.1. The van der Waals surface area contributed by atoms with E-state index in [1.54, 1.807) is 32.4 Å². The smallest absolute Gasteiger partial charge is 0.242 e. The molecule has 0 aliphatic heterocycles. The number of carbonyl (C=O) groups is 1. The highest BCUT2D eigenvalue weighted by Gasteiger charge is 2.20. The first kappa shape index (κ1) is 20.7. The molecule has 0 radical (unpaired) electrons. The summed E-state index contributed by atoms with van der Waals surface area (Å²) in [5, 5.41) is 2.61. The molecule has 0 atom stereocenters. The Morgan fingerprint density at radius 1 is 1.04 bits per heavy atom. The summed E-state index contributed by atoms with van der Waals surface area (Å²) in [6.45, 7) is 1.71. The zero-order chi connectivity index (χ0) is 20.0. The first-order valence-corrected chi connectivity index (χ1v) is 9.77. The van der Waals surface area contributed by atoms with Crippen molar-refractivity contribution >= 4 is 21.6 Å². The van der Waals surface area contributed by atoms with E-state index >= 15 is 0 Å². The summed E-state index contributed by atoms with van der Waals surface area (Å²) in [4.78, 5) is 11.2. The normalized spacial score (nSPS) is 11.3. The van der Waals surface area contributed by atoms with E-state index in [0.717, 1.165) is 5.56 Å². The molecule has 0 aromatic heterocycles. The number of hydrogen-bond acceptors (Lipinski definition) is 5. The molecular weight excluding hydrogens is 368 g/mol. The standard InChI is InChI=1S/C19H24N2O5S/c1-14(22)20-16-6-8-17(9-7-16)27(23,24)21(2)12-11-15-5-10-18(25-3)19(13-15)26-4/h5-10,13H,11-12H2,1-4H3,(H,20,22). The van der Waals surface area contributed by atoms with Gasteiger partial charge in [0.1, 0.15) is 0 Å². The van der Waals surface area contributed by atoms with Gasteiger partial charge in [-0.2, -0.15) is 0 Å². The molecule has 8 heteroatoms. The average molecular weight is 392 g/mol. The van der Waals surface area contributed by atoms with Crippen LogP contribution >= 0.6 is 0 Å². The second kappa shape index (κ2) is 8.88. The molecule has 0 saturated carbocycles. The SMILES string of the molecule is COc1ccc(CCN(C)S(=O)(=O)c2ccc(NC(C)=O)cc2)cc1OC. The highest BCUT2D eigenvalue weighted by Crippen LogP contribution is 2.28. The van der Waals surface area contributed by atoms with Crippen molar-refractivity contribution in [1.82, 2.24) is 4.31 Å². The van der Waals surface area contributed by atoms with Crippen molar-refractivity contribution in [2.75, 3.05) is 33.1 Å². The van der Waals surface area contributed by atoms with Gasteiger partial charge in [-0.05, 0) is 48.4 Å². The topological polar surface area (TPSA) is 84.9 Å². The van der Waals surface area contributed by atoms with Crippen LogP contribution in [0.2, 0.25) is 0 Å². The van der Waals surface area contributed by atoms with E-state index in [-0.39, 0.29) is 10.8 Å². The third-order valence-electron chi connectivity index (χ3n) is 4.05. The molecule has 7 nitrogen and oxygen atoms in total. The van der Waals surface area contributed by atoms with E-state index in [0.29, 0.717) is 30.2 Å². The summed E-state index contributed by atoms with van der Waals surface area (Å²) in [6.07, 6.45) is 0.528. The van der Waals surface area contributed by atoms with E-state index in [4.69, 9.17) is 9.47 Å². The van der Waals surface area contributed by atoms with Crippen LogP contribution in [-0.2, 0) is 21.2 Å². The number of benzene rings is 2. The maximum Gasteiger partial charge on any atom is 0.242 e. The van der Waals surface area contributed by atoms with E-state index in [1.807, 2.05) is 12.1 Å². The Bertz CT molecular complexity index is 895. The van der Waals surface area contributed by atoms with Gasteiger partial charge in [-0.15, -0.1) is 0 Å². The lowest BCUT2D eigenvalue weighted by molar-refractivity contribution is -0.114. The Labute approximate surface area is 160 Å². The summed E-state index contributed by atoms with van der Waals surface area (Å²) >= 11 is 0. The number of amides is 1. The molecule has 0 fully saturated rings. The molecule has 2 aromatic rings. The van der Waals surface area contributed by atoms with Crippen LogP contribution in [0.5, 0.6) is 11.5 Å². The highest BCUT2D eigenvalue weighted by molar-refractivity contribution is 7.89. The van der Waals surface area contributed by atoms with Gasteiger partial charge in [0, 0.05) is 26.2 Å². The Morgan fingerprint density at radius 2 is 1.67 bits per heavy atom. The van der Waals surface area contributed by atoms with Crippen LogP contribution in [0.3, 0.4) is 0 Å². The molecule has 1 N–H and O–H groups in total. The molecule has 1 amide bonds. The third-order valence-corrected chi connectivity index (χ3v) is 5.92. The molecule has 0 aliphatic carbocycles. The van der Waals surface area contributed by atoms with Gasteiger partial charge in [-0.25, -0.2) is 12.7 Å². The van der Waals surface area contributed by atoms with E-state index in [9.17, 15) is 13.2 Å². The molecule has 27 heavy (non-hydrogen) atoms. The molecular formula is C19H24N2O5S. The average Bonchev–Trinajstić information content (AvgIpc) is 2.65. The van der Waals surface area contributed by atoms with Crippen molar-refractivity contribution in [3.05, 3.63) is 48.0 Å². The van der Waals surface area contributed by atoms with Gasteiger partial charge < -0.3 is 14.8 Å². The molecule has 2 rings (SSSR count). The zero-order valence-electron chi connectivity index (χ0n) is 15.9. The number of hydrogen-bond donors (Lipinski definition) is 1. The Morgan fingerprint density at radius 3 is 2.22 bits per heavy atom. The molecule has 0 aliphatic rings. The number of methoxy groups -OCH3 is 2. The van der Waals surface area contributed by atoms with Crippen LogP contribution in [-0.4, -0.2) is 46.4 Å².